The van der Waals surface area contributed by atoms with Crippen molar-refractivity contribution < 1.29 is 27.8 Å². The van der Waals surface area contributed by atoms with Crippen molar-refractivity contribution in [1.82, 2.24) is 15.0 Å². The number of nitrogens with one attached hydrogen (secondary N) is 2. The Morgan fingerprint density at radius 3 is 2.59 bits per heavy atom. The number of hydrogen-bond acceptors (Lipinski definition) is 9. The molecule has 2 aromatic heterocycles. The molecule has 0 bridgehead atoms. The molecule has 0 radical (unpaired) electrons. The molecule has 3 N–H and O–H groups in total. The van der Waals surface area contributed by atoms with Crippen molar-refractivity contribution >= 4 is 33.3 Å². The summed E-state index contributed by atoms with van der Waals surface area (Å²) < 4.78 is 52.1. The van der Waals surface area contributed by atoms with Gasteiger partial charge in [0.15, 0.2) is 5.79 Å². The number of hydrogen-bond donors (Lipinski definition) is 3. The van der Waals surface area contributed by atoms with Crippen molar-refractivity contribution in [3.63, 3.8) is 0 Å². The van der Waals surface area contributed by atoms with Crippen LogP contribution in [-0.2, 0) is 9.47 Å². The van der Waals surface area contributed by atoms with E-state index in [4.69, 9.17) is 14.5 Å². The van der Waals surface area contributed by atoms with Gasteiger partial charge in [0.1, 0.15) is 23.5 Å². The number of halogens is 3. The summed E-state index contributed by atoms with van der Waals surface area (Å²) in [6, 6.07) is 7.39. The van der Waals surface area contributed by atoms with Gasteiger partial charge in [0.05, 0.1) is 39.7 Å². The topological polar surface area (TPSA) is 101 Å². The molecule has 1 aromatic carbocycles. The van der Waals surface area contributed by atoms with Gasteiger partial charge in [0.25, 0.3) is 0 Å². The van der Waals surface area contributed by atoms with Crippen molar-refractivity contribution in [2.75, 3.05) is 17.2 Å². The van der Waals surface area contributed by atoms with Gasteiger partial charge in [0.2, 0.25) is 5.95 Å². The minimum atomic E-state index is -4.42. The van der Waals surface area contributed by atoms with Crippen molar-refractivity contribution in [3.8, 4) is 10.6 Å². The monoisotopic (exact) mass is 537 g/mol. The highest BCUT2D eigenvalue weighted by Crippen LogP contribution is 2.45. The quantitative estimate of drug-likeness (QED) is 0.382. The molecule has 3 aromatic rings. The number of nitrogens with zero attached hydrogens (tertiary/aromatic N) is 3. The van der Waals surface area contributed by atoms with Crippen LogP contribution in [0.3, 0.4) is 0 Å². The normalized spacial score (nSPS) is 25.8. The maximum absolute atomic E-state index is 12.9. The van der Waals surface area contributed by atoms with Crippen LogP contribution in [-0.4, -0.2) is 62.9 Å². The number of ether oxygens (including phenoxy) is 2. The molecule has 1 saturated heterocycles. The van der Waals surface area contributed by atoms with Crippen molar-refractivity contribution in [1.29, 1.82) is 0 Å². The van der Waals surface area contributed by atoms with Gasteiger partial charge >= 0.3 is 6.18 Å². The fraction of sp³-hybridized carbons (Fsp3) is 0.560. The highest BCUT2D eigenvalue weighted by Gasteiger charge is 2.55. The average molecular weight is 538 g/mol. The molecule has 0 spiro atoms. The number of fused-ring (bicyclic) bond motifs is 2. The van der Waals surface area contributed by atoms with E-state index >= 15 is 0 Å². The number of rotatable bonds is 7. The summed E-state index contributed by atoms with van der Waals surface area (Å²) in [7, 11) is 0. The van der Waals surface area contributed by atoms with E-state index in [2.05, 4.69) is 20.6 Å². The van der Waals surface area contributed by atoms with Crippen LogP contribution in [0.15, 0.2) is 24.3 Å². The van der Waals surface area contributed by atoms with E-state index < -0.39 is 24.6 Å². The Balaban J connectivity index is 1.54. The van der Waals surface area contributed by atoms with Crippen molar-refractivity contribution in [3.05, 3.63) is 30.0 Å². The van der Waals surface area contributed by atoms with Crippen LogP contribution in [0.5, 0.6) is 0 Å². The number of para-hydroxylation sites is 1. The summed E-state index contributed by atoms with van der Waals surface area (Å²) in [4.78, 5) is 13.5. The SMILES string of the molecule is CCC(O)C1CC(Nc2nc(NCC(F)(F)F)nc(C)c2-c2nc3ccccc3s2)C2OC(C)(C)OC12. The minimum absolute atomic E-state index is 0.134. The van der Waals surface area contributed by atoms with Crippen LogP contribution < -0.4 is 10.6 Å². The first kappa shape index (κ1) is 26.1. The largest absolute Gasteiger partial charge is 0.405 e. The van der Waals surface area contributed by atoms with E-state index in [1.54, 1.807) is 6.92 Å². The number of benzene rings is 1. The van der Waals surface area contributed by atoms with E-state index in [0.29, 0.717) is 34.9 Å². The predicted octanol–water partition coefficient (Wildman–Crippen LogP) is 5.13. The van der Waals surface area contributed by atoms with Crippen LogP contribution in [0.4, 0.5) is 24.9 Å². The third kappa shape index (κ3) is 5.38. The zero-order valence-electron chi connectivity index (χ0n) is 21.0. The summed E-state index contributed by atoms with van der Waals surface area (Å²) >= 11 is 1.46. The van der Waals surface area contributed by atoms with Gasteiger partial charge in [-0.25, -0.2) is 9.97 Å². The summed E-state index contributed by atoms with van der Waals surface area (Å²) in [6.45, 7) is 6.05. The van der Waals surface area contributed by atoms with Gasteiger partial charge in [0, 0.05) is 5.92 Å². The van der Waals surface area contributed by atoms with Crippen LogP contribution in [0.1, 0.15) is 39.3 Å². The van der Waals surface area contributed by atoms with Gasteiger partial charge in [-0.2, -0.15) is 18.2 Å². The second-order valence-corrected chi connectivity index (χ2v) is 11.0. The molecule has 3 heterocycles. The zero-order valence-corrected chi connectivity index (χ0v) is 21.8. The average Bonchev–Trinajstić information content (AvgIpc) is 3.47. The smallest absolute Gasteiger partial charge is 0.393 e. The lowest BCUT2D eigenvalue weighted by Crippen LogP contribution is -2.35. The number of aliphatic hydroxyl groups is 1. The number of alkyl halides is 3. The second kappa shape index (κ2) is 9.64. The third-order valence-electron chi connectivity index (χ3n) is 6.79. The van der Waals surface area contributed by atoms with E-state index in [1.807, 2.05) is 45.0 Å². The Labute approximate surface area is 216 Å². The minimum Gasteiger partial charge on any atom is -0.393 e. The zero-order chi connectivity index (χ0) is 26.5. The van der Waals surface area contributed by atoms with Crippen LogP contribution in [0.2, 0.25) is 0 Å². The molecule has 2 fully saturated rings. The lowest BCUT2D eigenvalue weighted by molar-refractivity contribution is -0.161. The number of aryl methyl sites for hydroxylation is 1. The highest BCUT2D eigenvalue weighted by molar-refractivity contribution is 7.21. The maximum atomic E-state index is 12.9. The molecular formula is C25H30F3N5O3S. The van der Waals surface area contributed by atoms with Crippen LogP contribution in [0, 0.1) is 12.8 Å². The fourth-order valence-corrected chi connectivity index (χ4v) is 6.25. The first-order valence-corrected chi connectivity index (χ1v) is 13.1. The summed E-state index contributed by atoms with van der Waals surface area (Å²) in [5, 5.41) is 17.1. The van der Waals surface area contributed by atoms with Gasteiger partial charge in [-0.05, 0) is 45.7 Å². The Hall–Kier alpha value is -2.54. The molecule has 37 heavy (non-hydrogen) atoms. The molecule has 8 nitrogen and oxygen atoms in total. The molecule has 5 rings (SSSR count). The lowest BCUT2D eigenvalue weighted by atomic mass is 9.96. The molecular weight excluding hydrogens is 507 g/mol. The summed E-state index contributed by atoms with van der Waals surface area (Å²) in [6.07, 6.45) is -4.56. The van der Waals surface area contributed by atoms with E-state index in [1.165, 1.54) is 11.3 Å². The van der Waals surface area contributed by atoms with Gasteiger partial charge < -0.3 is 25.2 Å². The first-order valence-electron chi connectivity index (χ1n) is 12.3. The molecule has 12 heteroatoms. The fourth-order valence-electron chi connectivity index (χ4n) is 5.19. The molecule has 5 unspecified atom stereocenters. The summed E-state index contributed by atoms with van der Waals surface area (Å²) in [5.41, 5.74) is 1.92. The van der Waals surface area contributed by atoms with E-state index in [9.17, 15) is 18.3 Å². The maximum Gasteiger partial charge on any atom is 0.405 e. The van der Waals surface area contributed by atoms with Gasteiger partial charge in [-0.1, -0.05) is 19.1 Å². The molecule has 1 aliphatic carbocycles. The van der Waals surface area contributed by atoms with Gasteiger partial charge in [-0.3, -0.25) is 0 Å². The standard InChI is InChI=1S/C25H30F3N5O3S/c1-5-16(34)13-10-15(20-19(13)35-24(3,4)36-20)31-21-18(22-32-14-8-6-7-9-17(14)37-22)12(2)30-23(33-21)29-11-25(26,27)28/h6-9,13,15-16,19-20,34H,5,10-11H2,1-4H3,(H2,29,30,31,33). The Morgan fingerprint density at radius 2 is 1.89 bits per heavy atom. The number of anilines is 2. The Bertz CT molecular complexity index is 1250. The Morgan fingerprint density at radius 1 is 1.16 bits per heavy atom. The molecule has 2 aliphatic rings. The van der Waals surface area contributed by atoms with Crippen LogP contribution >= 0.6 is 11.3 Å². The molecule has 5 atom stereocenters. The number of aliphatic hydroxyl groups excluding tert-OH is 1. The van der Waals surface area contributed by atoms with E-state index in [-0.39, 0.29) is 30.1 Å². The second-order valence-electron chi connectivity index (χ2n) is 10.0. The third-order valence-corrected chi connectivity index (χ3v) is 7.84. The number of aromatic nitrogens is 3. The van der Waals surface area contributed by atoms with Crippen molar-refractivity contribution in [2.24, 2.45) is 5.92 Å². The van der Waals surface area contributed by atoms with Gasteiger partial charge in [-0.15, -0.1) is 11.3 Å². The summed E-state index contributed by atoms with van der Waals surface area (Å²) in [5.74, 6) is -0.755. The highest BCUT2D eigenvalue weighted by atomic mass is 32.1. The molecule has 1 aliphatic heterocycles. The predicted molar refractivity (Wildman–Crippen MR) is 136 cm³/mol. The van der Waals surface area contributed by atoms with Crippen molar-refractivity contribution in [2.45, 2.75) is 76.9 Å². The molecule has 1 saturated carbocycles. The lowest BCUT2D eigenvalue weighted by Gasteiger charge is -2.26. The number of thiazole rings is 1. The Kier molecular flexibility index (Phi) is 6.80. The van der Waals surface area contributed by atoms with Crippen LogP contribution in [0.25, 0.3) is 20.8 Å². The molecule has 200 valence electrons. The first-order chi connectivity index (χ1) is 17.4. The van der Waals surface area contributed by atoms with E-state index in [0.717, 1.165) is 10.2 Å². The molecule has 0 amide bonds.